The van der Waals surface area contributed by atoms with E-state index in [2.05, 4.69) is 5.32 Å². The van der Waals surface area contributed by atoms with Crippen molar-refractivity contribution in [3.63, 3.8) is 0 Å². The Hall–Kier alpha value is -3.02. The highest BCUT2D eigenvalue weighted by Crippen LogP contribution is 2.31. The van der Waals surface area contributed by atoms with Crippen molar-refractivity contribution in [3.8, 4) is 11.5 Å². The van der Waals surface area contributed by atoms with Crippen LogP contribution in [0.1, 0.15) is 18.9 Å². The number of hydrogen-bond donors (Lipinski definition) is 1. The number of rotatable bonds is 8. The number of carbonyl (C=O) groups is 2. The molecule has 0 spiro atoms. The summed E-state index contributed by atoms with van der Waals surface area (Å²) in [5, 5.41) is 2.65. The van der Waals surface area contributed by atoms with E-state index in [9.17, 15) is 9.59 Å². The third-order valence-electron chi connectivity index (χ3n) is 3.29. The third kappa shape index (κ3) is 5.84. The van der Waals surface area contributed by atoms with E-state index in [1.54, 1.807) is 32.2 Å². The van der Waals surface area contributed by atoms with Crippen LogP contribution in [0, 0.1) is 0 Å². The van der Waals surface area contributed by atoms with E-state index >= 15 is 0 Å². The first kappa shape index (κ1) is 18.3. The maximum absolute atomic E-state index is 11.9. The van der Waals surface area contributed by atoms with Gasteiger partial charge in [-0.25, -0.2) is 0 Å². The molecule has 0 unspecified atom stereocenters. The highest BCUT2D eigenvalue weighted by Gasteiger charge is 2.12. The molecule has 0 bridgehead atoms. The minimum absolute atomic E-state index is 0.242. The molecule has 0 saturated heterocycles. The monoisotopic (exact) mass is 343 g/mol. The van der Waals surface area contributed by atoms with Gasteiger partial charge in [-0.15, -0.1) is 0 Å². The van der Waals surface area contributed by atoms with Crippen molar-refractivity contribution in [1.29, 1.82) is 0 Å². The molecule has 6 nitrogen and oxygen atoms in total. The highest BCUT2D eigenvalue weighted by molar-refractivity contribution is 6.02. The Balaban J connectivity index is 2.03. The quantitative estimate of drug-likeness (QED) is 0.589. The Bertz CT molecular complexity index is 715. The summed E-state index contributed by atoms with van der Waals surface area (Å²) in [4.78, 5) is 23.2. The molecule has 2 aromatic carbocycles. The zero-order chi connectivity index (χ0) is 18.1. The summed E-state index contributed by atoms with van der Waals surface area (Å²) in [5.41, 5.74) is 1.53. The summed E-state index contributed by atoms with van der Waals surface area (Å²) in [6, 6.07) is 14.7. The van der Waals surface area contributed by atoms with Crippen LogP contribution in [0.5, 0.6) is 11.5 Å². The van der Waals surface area contributed by atoms with Crippen LogP contribution in [0.4, 0.5) is 5.69 Å². The van der Waals surface area contributed by atoms with Gasteiger partial charge >= 0.3 is 5.97 Å². The first-order chi connectivity index (χ1) is 12.1. The topological polar surface area (TPSA) is 73.9 Å². The van der Waals surface area contributed by atoms with Crippen LogP contribution in [0.2, 0.25) is 0 Å². The average Bonchev–Trinajstić information content (AvgIpc) is 2.61. The number of amides is 1. The lowest BCUT2D eigenvalue weighted by Gasteiger charge is -2.13. The molecule has 1 N–H and O–H groups in total. The first-order valence-corrected chi connectivity index (χ1v) is 7.92. The minimum Gasteiger partial charge on any atom is -0.493 e. The van der Waals surface area contributed by atoms with Crippen LogP contribution in [-0.4, -0.2) is 25.6 Å². The Morgan fingerprint density at radius 2 is 1.80 bits per heavy atom. The molecule has 0 heterocycles. The van der Waals surface area contributed by atoms with Gasteiger partial charge in [0.2, 0.25) is 5.91 Å². The van der Waals surface area contributed by atoms with E-state index in [1.807, 2.05) is 30.3 Å². The van der Waals surface area contributed by atoms with E-state index < -0.39 is 11.9 Å². The number of hydrogen-bond acceptors (Lipinski definition) is 5. The zero-order valence-electron chi connectivity index (χ0n) is 14.3. The summed E-state index contributed by atoms with van der Waals surface area (Å²) in [5.74, 6) is 0.0475. The normalized spacial score (nSPS) is 10.0. The van der Waals surface area contributed by atoms with E-state index in [0.29, 0.717) is 23.8 Å². The molecule has 2 aromatic rings. The van der Waals surface area contributed by atoms with Crippen molar-refractivity contribution in [2.45, 2.75) is 20.0 Å². The number of anilines is 1. The summed E-state index contributed by atoms with van der Waals surface area (Å²) >= 11 is 0. The smallest absolute Gasteiger partial charge is 0.315 e. The molecule has 0 aromatic heterocycles. The number of benzene rings is 2. The maximum atomic E-state index is 11.9. The van der Waals surface area contributed by atoms with Gasteiger partial charge in [0.1, 0.15) is 13.0 Å². The Morgan fingerprint density at radius 1 is 1.04 bits per heavy atom. The van der Waals surface area contributed by atoms with Gasteiger partial charge in [-0.05, 0) is 24.6 Å². The van der Waals surface area contributed by atoms with E-state index in [4.69, 9.17) is 14.2 Å². The molecule has 2 rings (SSSR count). The fourth-order valence-corrected chi connectivity index (χ4v) is 2.15. The van der Waals surface area contributed by atoms with Gasteiger partial charge < -0.3 is 19.5 Å². The fourth-order valence-electron chi connectivity index (χ4n) is 2.15. The largest absolute Gasteiger partial charge is 0.493 e. The fraction of sp³-hybridized carbons (Fsp3) is 0.263. The van der Waals surface area contributed by atoms with Gasteiger partial charge in [-0.1, -0.05) is 30.3 Å². The lowest BCUT2D eigenvalue weighted by atomic mass is 10.2. The van der Waals surface area contributed by atoms with Crippen molar-refractivity contribution in [2.24, 2.45) is 0 Å². The zero-order valence-corrected chi connectivity index (χ0v) is 14.3. The Kier molecular flexibility index (Phi) is 6.83. The molecule has 132 valence electrons. The SMILES string of the molecule is CCOC(=O)CC(=O)Nc1ccc(OC)c(OCc2ccccc2)c1. The van der Waals surface area contributed by atoms with Crippen LogP contribution in [0.15, 0.2) is 48.5 Å². The molecule has 0 fully saturated rings. The molecule has 0 aliphatic carbocycles. The molecule has 25 heavy (non-hydrogen) atoms. The maximum Gasteiger partial charge on any atom is 0.315 e. The number of carbonyl (C=O) groups excluding carboxylic acids is 2. The Morgan fingerprint density at radius 3 is 2.48 bits per heavy atom. The van der Waals surface area contributed by atoms with Crippen molar-refractivity contribution < 1.29 is 23.8 Å². The van der Waals surface area contributed by atoms with E-state index in [-0.39, 0.29) is 13.0 Å². The summed E-state index contributed by atoms with van der Waals surface area (Å²) < 4.78 is 15.8. The third-order valence-corrected chi connectivity index (χ3v) is 3.29. The molecular weight excluding hydrogens is 322 g/mol. The average molecular weight is 343 g/mol. The lowest BCUT2D eigenvalue weighted by molar-refractivity contribution is -0.145. The first-order valence-electron chi connectivity index (χ1n) is 7.92. The van der Waals surface area contributed by atoms with Crippen molar-refractivity contribution in [1.82, 2.24) is 0 Å². The van der Waals surface area contributed by atoms with Gasteiger partial charge in [0.05, 0.1) is 13.7 Å². The van der Waals surface area contributed by atoms with Crippen LogP contribution in [0.25, 0.3) is 0 Å². The number of nitrogens with one attached hydrogen (secondary N) is 1. The van der Waals surface area contributed by atoms with E-state index in [1.165, 1.54) is 0 Å². The summed E-state index contributed by atoms with van der Waals surface area (Å²) in [6.45, 7) is 2.30. The Labute approximate surface area is 146 Å². The van der Waals surface area contributed by atoms with Gasteiger partial charge in [-0.2, -0.15) is 0 Å². The lowest BCUT2D eigenvalue weighted by Crippen LogP contribution is -2.18. The number of methoxy groups -OCH3 is 1. The van der Waals surface area contributed by atoms with Crippen molar-refractivity contribution in [3.05, 3.63) is 54.1 Å². The van der Waals surface area contributed by atoms with Crippen LogP contribution >= 0.6 is 0 Å². The second kappa shape index (κ2) is 9.32. The molecule has 0 aliphatic heterocycles. The molecule has 0 saturated carbocycles. The molecule has 0 radical (unpaired) electrons. The van der Waals surface area contributed by atoms with Gasteiger partial charge in [0.15, 0.2) is 11.5 Å². The molecule has 1 amide bonds. The summed E-state index contributed by atoms with van der Waals surface area (Å²) in [7, 11) is 1.55. The van der Waals surface area contributed by atoms with Gasteiger partial charge in [0, 0.05) is 11.8 Å². The van der Waals surface area contributed by atoms with Crippen molar-refractivity contribution >= 4 is 17.6 Å². The van der Waals surface area contributed by atoms with E-state index in [0.717, 1.165) is 5.56 Å². The number of esters is 1. The predicted octanol–water partition coefficient (Wildman–Crippen LogP) is 3.17. The van der Waals surface area contributed by atoms with Gasteiger partial charge in [-0.3, -0.25) is 9.59 Å². The second-order valence-electron chi connectivity index (χ2n) is 5.17. The van der Waals surface area contributed by atoms with Gasteiger partial charge in [0.25, 0.3) is 0 Å². The molecule has 0 atom stereocenters. The second-order valence-corrected chi connectivity index (χ2v) is 5.17. The van der Waals surface area contributed by atoms with Crippen LogP contribution in [-0.2, 0) is 20.9 Å². The summed E-state index contributed by atoms with van der Waals surface area (Å²) in [6.07, 6.45) is -0.333. The molecular formula is C19H21NO5. The molecule has 0 aliphatic rings. The highest BCUT2D eigenvalue weighted by atomic mass is 16.5. The number of ether oxygens (including phenoxy) is 3. The predicted molar refractivity (Wildman–Crippen MR) is 93.6 cm³/mol. The minimum atomic E-state index is -0.561. The van der Waals surface area contributed by atoms with Crippen molar-refractivity contribution in [2.75, 3.05) is 19.0 Å². The van der Waals surface area contributed by atoms with Crippen LogP contribution < -0.4 is 14.8 Å². The van der Waals surface area contributed by atoms with Crippen LogP contribution in [0.3, 0.4) is 0 Å². The molecule has 6 heteroatoms. The standard InChI is InChI=1S/C19H21NO5/c1-3-24-19(22)12-18(21)20-15-9-10-16(23-2)17(11-15)25-13-14-7-5-4-6-8-14/h4-11H,3,12-13H2,1-2H3,(H,20,21).